The van der Waals surface area contributed by atoms with Crippen LogP contribution in [0.4, 0.5) is 13.2 Å². The van der Waals surface area contributed by atoms with Gasteiger partial charge in [0.05, 0.1) is 0 Å². The number of benzene rings is 1. The Kier molecular flexibility index (Phi) is 5.55. The Labute approximate surface area is 113 Å². The second kappa shape index (κ2) is 6.52. The van der Waals surface area contributed by atoms with Crippen molar-refractivity contribution in [3.05, 3.63) is 34.9 Å². The molecular formula is C13H18F3NOS. The molecule has 2 unspecified atom stereocenters. The van der Waals surface area contributed by atoms with Crippen molar-refractivity contribution in [3.8, 4) is 0 Å². The summed E-state index contributed by atoms with van der Waals surface area (Å²) >= 11 is 0. The van der Waals surface area contributed by atoms with Gasteiger partial charge in [-0.1, -0.05) is 29.3 Å². The van der Waals surface area contributed by atoms with E-state index in [0.717, 1.165) is 11.1 Å². The molecule has 0 aliphatic rings. The molecule has 0 radical (unpaired) electrons. The average molecular weight is 293 g/mol. The van der Waals surface area contributed by atoms with Crippen molar-refractivity contribution >= 4 is 10.8 Å². The van der Waals surface area contributed by atoms with E-state index in [4.69, 9.17) is 5.73 Å². The molecule has 1 rings (SSSR count). The maximum atomic E-state index is 12.8. The van der Waals surface area contributed by atoms with Crippen LogP contribution in [0.3, 0.4) is 0 Å². The van der Waals surface area contributed by atoms with E-state index in [0.29, 0.717) is 5.56 Å². The van der Waals surface area contributed by atoms with Gasteiger partial charge in [-0.25, -0.2) is 0 Å². The van der Waals surface area contributed by atoms with Gasteiger partial charge in [-0.15, -0.1) is 0 Å². The van der Waals surface area contributed by atoms with E-state index in [2.05, 4.69) is 0 Å². The van der Waals surface area contributed by atoms with E-state index < -0.39 is 22.2 Å². The Hall–Kier alpha value is -0.880. The van der Waals surface area contributed by atoms with E-state index in [1.54, 1.807) is 12.1 Å². The molecule has 1 aromatic carbocycles. The van der Waals surface area contributed by atoms with Crippen molar-refractivity contribution in [2.45, 2.75) is 37.4 Å². The lowest BCUT2D eigenvalue weighted by Gasteiger charge is -2.19. The third-order valence-corrected chi connectivity index (χ3v) is 4.46. The molecule has 2 N–H and O–H groups in total. The molecule has 0 aliphatic carbocycles. The highest BCUT2D eigenvalue weighted by molar-refractivity contribution is 7.84. The van der Waals surface area contributed by atoms with Crippen molar-refractivity contribution in [2.24, 2.45) is 5.73 Å². The van der Waals surface area contributed by atoms with Crippen LogP contribution in [-0.4, -0.2) is 22.2 Å². The Balaban J connectivity index is 2.87. The summed E-state index contributed by atoms with van der Waals surface area (Å²) in [5, 5.41) is -1.85. The zero-order valence-electron chi connectivity index (χ0n) is 11.0. The second-order valence-electron chi connectivity index (χ2n) is 4.63. The molecule has 0 heterocycles. The first-order valence-corrected chi connectivity index (χ1v) is 7.33. The van der Waals surface area contributed by atoms with Crippen molar-refractivity contribution in [3.63, 3.8) is 0 Å². The molecule has 2 nitrogen and oxygen atoms in total. The van der Waals surface area contributed by atoms with E-state index in [9.17, 15) is 17.4 Å². The Bertz CT molecular complexity index is 439. The van der Waals surface area contributed by atoms with Gasteiger partial charge in [0.1, 0.15) is 5.25 Å². The van der Waals surface area contributed by atoms with Gasteiger partial charge in [-0.2, -0.15) is 13.2 Å². The standard InChI is InChI=1S/C13H18F3NOS/c1-9-5-10(2)7-11(6-9)8-19(18)12(3-4-17)13(14,15)16/h5-7,12H,3-4,8,17H2,1-2H3. The summed E-state index contributed by atoms with van der Waals surface area (Å²) in [7, 11) is -2.00. The van der Waals surface area contributed by atoms with E-state index in [-0.39, 0.29) is 18.7 Å². The summed E-state index contributed by atoms with van der Waals surface area (Å²) < 4.78 is 50.2. The van der Waals surface area contributed by atoms with Crippen molar-refractivity contribution < 1.29 is 17.4 Å². The quantitative estimate of drug-likeness (QED) is 0.907. The van der Waals surface area contributed by atoms with Gasteiger partial charge in [-0.3, -0.25) is 4.21 Å². The zero-order valence-corrected chi connectivity index (χ0v) is 11.8. The summed E-state index contributed by atoms with van der Waals surface area (Å²) in [5.41, 5.74) is 7.75. The molecule has 0 fully saturated rings. The molecular weight excluding hydrogens is 275 g/mol. The van der Waals surface area contributed by atoms with Gasteiger partial charge < -0.3 is 5.73 Å². The van der Waals surface area contributed by atoms with Crippen LogP contribution in [0.5, 0.6) is 0 Å². The molecule has 1 aromatic rings. The van der Waals surface area contributed by atoms with Gasteiger partial charge in [0.2, 0.25) is 0 Å². The van der Waals surface area contributed by atoms with E-state index in [1.165, 1.54) is 0 Å². The summed E-state index contributed by atoms with van der Waals surface area (Å²) in [6.45, 7) is 3.60. The molecule has 6 heteroatoms. The molecule has 108 valence electrons. The molecule has 0 saturated heterocycles. The SMILES string of the molecule is Cc1cc(C)cc(CS(=O)C(CCN)C(F)(F)F)c1. The zero-order chi connectivity index (χ0) is 14.6. The molecule has 0 bridgehead atoms. The van der Waals surface area contributed by atoms with Crippen LogP contribution in [0.25, 0.3) is 0 Å². The molecule has 0 spiro atoms. The van der Waals surface area contributed by atoms with Crippen LogP contribution in [0.2, 0.25) is 0 Å². The smallest absolute Gasteiger partial charge is 0.330 e. The molecule has 0 aliphatic heterocycles. The molecule has 19 heavy (non-hydrogen) atoms. The fourth-order valence-electron chi connectivity index (χ4n) is 2.01. The fourth-order valence-corrected chi connectivity index (χ4v) is 3.41. The minimum atomic E-state index is -4.47. The minimum absolute atomic E-state index is 0.0906. The van der Waals surface area contributed by atoms with Crippen molar-refractivity contribution in [2.75, 3.05) is 6.54 Å². The number of hydrogen-bond donors (Lipinski definition) is 1. The third kappa shape index (κ3) is 4.95. The fraction of sp³-hybridized carbons (Fsp3) is 0.538. The van der Waals surface area contributed by atoms with Crippen LogP contribution in [-0.2, 0) is 16.6 Å². The normalized spacial score (nSPS) is 15.3. The molecule has 2 atom stereocenters. The van der Waals surface area contributed by atoms with Crippen LogP contribution in [0.15, 0.2) is 18.2 Å². The van der Waals surface area contributed by atoms with Gasteiger partial charge in [-0.05, 0) is 32.4 Å². The highest BCUT2D eigenvalue weighted by atomic mass is 32.2. The summed E-state index contributed by atoms with van der Waals surface area (Å²) in [5.74, 6) is -0.0906. The number of rotatable bonds is 5. The van der Waals surface area contributed by atoms with Crippen LogP contribution >= 0.6 is 0 Å². The number of alkyl halides is 3. The summed E-state index contributed by atoms with van der Waals surface area (Å²) in [4.78, 5) is 0. The van der Waals surface area contributed by atoms with Crippen LogP contribution < -0.4 is 5.73 Å². The molecule has 0 amide bonds. The maximum Gasteiger partial charge on any atom is 0.403 e. The number of aryl methyl sites for hydroxylation is 2. The van der Waals surface area contributed by atoms with Crippen molar-refractivity contribution in [1.29, 1.82) is 0 Å². The van der Waals surface area contributed by atoms with E-state index in [1.807, 2.05) is 19.9 Å². The average Bonchev–Trinajstić information content (AvgIpc) is 2.22. The Morgan fingerprint density at radius 2 is 1.74 bits per heavy atom. The predicted molar refractivity (Wildman–Crippen MR) is 71.3 cm³/mol. The minimum Gasteiger partial charge on any atom is -0.330 e. The summed E-state index contributed by atoms with van der Waals surface area (Å²) in [6.07, 6.45) is -4.77. The first-order chi connectivity index (χ1) is 8.74. The first-order valence-electron chi connectivity index (χ1n) is 5.95. The predicted octanol–water partition coefficient (Wildman–Crippen LogP) is 2.83. The van der Waals surface area contributed by atoms with Gasteiger partial charge in [0, 0.05) is 16.6 Å². The van der Waals surface area contributed by atoms with Crippen LogP contribution in [0.1, 0.15) is 23.1 Å². The molecule has 0 aromatic heterocycles. The Morgan fingerprint density at radius 3 is 2.16 bits per heavy atom. The lowest BCUT2D eigenvalue weighted by Crippen LogP contribution is -2.35. The monoisotopic (exact) mass is 293 g/mol. The van der Waals surface area contributed by atoms with Crippen LogP contribution in [0, 0.1) is 13.8 Å². The largest absolute Gasteiger partial charge is 0.403 e. The lowest BCUT2D eigenvalue weighted by molar-refractivity contribution is -0.130. The summed E-state index contributed by atoms with van der Waals surface area (Å²) in [6, 6.07) is 5.45. The second-order valence-corrected chi connectivity index (χ2v) is 6.25. The van der Waals surface area contributed by atoms with E-state index >= 15 is 0 Å². The highest BCUT2D eigenvalue weighted by Gasteiger charge is 2.42. The maximum absolute atomic E-state index is 12.8. The van der Waals surface area contributed by atoms with Gasteiger partial charge in [0.25, 0.3) is 0 Å². The highest BCUT2D eigenvalue weighted by Crippen LogP contribution is 2.28. The molecule has 0 saturated carbocycles. The lowest BCUT2D eigenvalue weighted by atomic mass is 10.1. The number of halogens is 3. The topological polar surface area (TPSA) is 43.1 Å². The van der Waals surface area contributed by atoms with Crippen molar-refractivity contribution in [1.82, 2.24) is 0 Å². The van der Waals surface area contributed by atoms with Gasteiger partial charge in [0.15, 0.2) is 0 Å². The first kappa shape index (κ1) is 16.2. The Morgan fingerprint density at radius 1 is 1.21 bits per heavy atom. The number of nitrogens with two attached hydrogens (primary N) is 1. The van der Waals surface area contributed by atoms with Gasteiger partial charge >= 0.3 is 6.18 Å². The number of hydrogen-bond acceptors (Lipinski definition) is 2. The third-order valence-electron chi connectivity index (χ3n) is 2.70.